The van der Waals surface area contributed by atoms with Crippen LogP contribution in [0.3, 0.4) is 0 Å². The number of carbonyl (C=O) groups excluding carboxylic acids is 1. The summed E-state index contributed by atoms with van der Waals surface area (Å²) in [7, 11) is 0. The van der Waals surface area contributed by atoms with Crippen molar-refractivity contribution in [3.63, 3.8) is 0 Å². The highest BCUT2D eigenvalue weighted by atomic mass is 16.5. The van der Waals surface area contributed by atoms with Gasteiger partial charge in [0.25, 0.3) is 0 Å². The van der Waals surface area contributed by atoms with E-state index < -0.39 is 0 Å². The maximum absolute atomic E-state index is 13.4. The standard InChI is InChI=1S/C19H33N3O3/c23-18(22-11-14-24-15-12-22)19-5-13-25-17(19)4-8-21(16-19)10-9-20-6-2-1-3-7-20/h17H,1-16H2/t17-,19-/m0/s1. The van der Waals surface area contributed by atoms with Crippen LogP contribution in [0.2, 0.25) is 0 Å². The molecule has 142 valence electrons. The Kier molecular flexibility index (Phi) is 5.60. The molecule has 4 heterocycles. The molecule has 0 spiro atoms. The molecule has 0 aromatic rings. The lowest BCUT2D eigenvalue weighted by Crippen LogP contribution is -2.59. The molecule has 6 nitrogen and oxygen atoms in total. The molecule has 4 aliphatic rings. The number of fused-ring (bicyclic) bond motifs is 1. The molecule has 4 aliphatic heterocycles. The summed E-state index contributed by atoms with van der Waals surface area (Å²) in [5.41, 5.74) is -0.308. The zero-order valence-corrected chi connectivity index (χ0v) is 15.5. The van der Waals surface area contributed by atoms with E-state index in [9.17, 15) is 4.79 Å². The van der Waals surface area contributed by atoms with Crippen LogP contribution in [-0.4, -0.2) is 98.9 Å². The van der Waals surface area contributed by atoms with Gasteiger partial charge in [-0.3, -0.25) is 4.79 Å². The van der Waals surface area contributed by atoms with Crippen LogP contribution < -0.4 is 0 Å². The molecule has 4 saturated heterocycles. The first-order chi connectivity index (χ1) is 12.3. The quantitative estimate of drug-likeness (QED) is 0.750. The Morgan fingerprint density at radius 2 is 1.68 bits per heavy atom. The lowest BCUT2D eigenvalue weighted by molar-refractivity contribution is -0.154. The van der Waals surface area contributed by atoms with Crippen LogP contribution in [0.25, 0.3) is 0 Å². The molecule has 0 unspecified atom stereocenters. The monoisotopic (exact) mass is 351 g/mol. The van der Waals surface area contributed by atoms with Crippen LogP contribution in [0.4, 0.5) is 0 Å². The van der Waals surface area contributed by atoms with E-state index in [4.69, 9.17) is 9.47 Å². The summed E-state index contributed by atoms with van der Waals surface area (Å²) in [5, 5.41) is 0. The van der Waals surface area contributed by atoms with Gasteiger partial charge in [0.05, 0.1) is 24.7 Å². The number of nitrogens with zero attached hydrogens (tertiary/aromatic N) is 3. The zero-order chi connectivity index (χ0) is 17.1. The van der Waals surface area contributed by atoms with E-state index in [0.29, 0.717) is 19.1 Å². The van der Waals surface area contributed by atoms with Crippen molar-refractivity contribution < 1.29 is 14.3 Å². The summed E-state index contributed by atoms with van der Waals surface area (Å²) in [6, 6.07) is 0. The second-order valence-corrected chi connectivity index (χ2v) is 8.14. The first-order valence-corrected chi connectivity index (χ1v) is 10.2. The molecule has 0 saturated carbocycles. The van der Waals surface area contributed by atoms with Gasteiger partial charge < -0.3 is 24.2 Å². The van der Waals surface area contributed by atoms with Gasteiger partial charge in [0.1, 0.15) is 0 Å². The van der Waals surface area contributed by atoms with E-state index in [0.717, 1.165) is 58.7 Å². The smallest absolute Gasteiger partial charge is 0.232 e. The molecule has 0 aromatic heterocycles. The van der Waals surface area contributed by atoms with Crippen molar-refractivity contribution in [2.75, 3.05) is 72.2 Å². The highest BCUT2D eigenvalue weighted by Crippen LogP contribution is 2.42. The number of piperidine rings is 2. The number of hydrogen-bond acceptors (Lipinski definition) is 5. The number of morpholine rings is 1. The summed E-state index contributed by atoms with van der Waals surface area (Å²) < 4.78 is 11.4. The van der Waals surface area contributed by atoms with E-state index in [1.165, 1.54) is 32.4 Å². The van der Waals surface area contributed by atoms with Crippen molar-refractivity contribution in [2.45, 2.75) is 38.2 Å². The minimum absolute atomic E-state index is 0.120. The minimum atomic E-state index is -0.308. The molecular weight excluding hydrogens is 318 g/mol. The van der Waals surface area contributed by atoms with E-state index >= 15 is 0 Å². The minimum Gasteiger partial charge on any atom is -0.378 e. The highest BCUT2D eigenvalue weighted by Gasteiger charge is 2.54. The van der Waals surface area contributed by atoms with Crippen molar-refractivity contribution in [3.8, 4) is 0 Å². The van der Waals surface area contributed by atoms with Gasteiger partial charge in [0.15, 0.2) is 0 Å². The summed E-state index contributed by atoms with van der Waals surface area (Å²) in [4.78, 5) is 20.5. The lowest BCUT2D eigenvalue weighted by atomic mass is 9.75. The second kappa shape index (κ2) is 7.91. The Balaban J connectivity index is 1.39. The van der Waals surface area contributed by atoms with Crippen molar-refractivity contribution >= 4 is 5.91 Å². The normalized spacial score (nSPS) is 34.9. The van der Waals surface area contributed by atoms with Crippen molar-refractivity contribution in [1.29, 1.82) is 0 Å². The number of likely N-dealkylation sites (tertiary alicyclic amines) is 2. The summed E-state index contributed by atoms with van der Waals surface area (Å²) in [6.07, 6.45) is 6.07. The fraction of sp³-hybridized carbons (Fsp3) is 0.947. The van der Waals surface area contributed by atoms with Crippen LogP contribution in [0.5, 0.6) is 0 Å². The van der Waals surface area contributed by atoms with E-state index in [-0.39, 0.29) is 11.5 Å². The Morgan fingerprint density at radius 1 is 0.920 bits per heavy atom. The van der Waals surface area contributed by atoms with Crippen LogP contribution in [0.1, 0.15) is 32.1 Å². The van der Waals surface area contributed by atoms with Crippen molar-refractivity contribution in [1.82, 2.24) is 14.7 Å². The van der Waals surface area contributed by atoms with Gasteiger partial charge in [-0.1, -0.05) is 6.42 Å². The lowest BCUT2D eigenvalue weighted by Gasteiger charge is -2.45. The topological polar surface area (TPSA) is 45.3 Å². The third kappa shape index (κ3) is 3.72. The summed E-state index contributed by atoms with van der Waals surface area (Å²) >= 11 is 0. The maximum Gasteiger partial charge on any atom is 0.232 e. The Morgan fingerprint density at radius 3 is 2.48 bits per heavy atom. The molecule has 4 fully saturated rings. The highest BCUT2D eigenvalue weighted by molar-refractivity contribution is 5.84. The number of hydrogen-bond donors (Lipinski definition) is 0. The molecule has 0 aliphatic carbocycles. The fourth-order valence-corrected chi connectivity index (χ4v) is 5.07. The molecule has 2 atom stereocenters. The second-order valence-electron chi connectivity index (χ2n) is 8.14. The number of ether oxygens (including phenoxy) is 2. The third-order valence-corrected chi connectivity index (χ3v) is 6.60. The molecule has 0 aromatic carbocycles. The Bertz CT molecular complexity index is 463. The number of carbonyl (C=O) groups is 1. The largest absolute Gasteiger partial charge is 0.378 e. The average Bonchev–Trinajstić information content (AvgIpc) is 3.11. The zero-order valence-electron chi connectivity index (χ0n) is 15.5. The maximum atomic E-state index is 13.4. The van der Waals surface area contributed by atoms with E-state index in [1.54, 1.807) is 0 Å². The first kappa shape index (κ1) is 17.7. The van der Waals surface area contributed by atoms with Crippen LogP contribution in [-0.2, 0) is 14.3 Å². The first-order valence-electron chi connectivity index (χ1n) is 10.2. The number of rotatable bonds is 4. The molecular formula is C19H33N3O3. The molecule has 4 rings (SSSR count). The predicted octanol–water partition coefficient (Wildman–Crippen LogP) is 0.812. The molecule has 0 radical (unpaired) electrons. The molecule has 25 heavy (non-hydrogen) atoms. The molecule has 1 amide bonds. The van der Waals surface area contributed by atoms with Crippen LogP contribution in [0.15, 0.2) is 0 Å². The van der Waals surface area contributed by atoms with E-state index in [1.807, 2.05) is 4.90 Å². The van der Waals surface area contributed by atoms with Gasteiger partial charge in [0.2, 0.25) is 5.91 Å². The van der Waals surface area contributed by atoms with Crippen LogP contribution >= 0.6 is 0 Å². The van der Waals surface area contributed by atoms with Crippen LogP contribution in [0, 0.1) is 5.41 Å². The van der Waals surface area contributed by atoms with Gasteiger partial charge in [0, 0.05) is 45.9 Å². The fourth-order valence-electron chi connectivity index (χ4n) is 5.07. The van der Waals surface area contributed by atoms with Gasteiger partial charge in [-0.2, -0.15) is 0 Å². The Labute approximate surface area is 151 Å². The molecule has 0 N–H and O–H groups in total. The Hall–Kier alpha value is -0.690. The SMILES string of the molecule is O=C(N1CCOCC1)[C@]12CCO[C@H]1CCN(CCN1CCCCC1)C2. The number of amides is 1. The average molecular weight is 351 g/mol. The van der Waals surface area contributed by atoms with Gasteiger partial charge in [-0.15, -0.1) is 0 Å². The van der Waals surface area contributed by atoms with Gasteiger partial charge in [-0.25, -0.2) is 0 Å². The summed E-state index contributed by atoms with van der Waals surface area (Å²) in [5.74, 6) is 0.320. The molecule has 6 heteroatoms. The molecule has 0 bridgehead atoms. The third-order valence-electron chi connectivity index (χ3n) is 6.60. The summed E-state index contributed by atoms with van der Waals surface area (Å²) in [6.45, 7) is 10.2. The van der Waals surface area contributed by atoms with E-state index in [2.05, 4.69) is 9.80 Å². The van der Waals surface area contributed by atoms with Crippen molar-refractivity contribution in [3.05, 3.63) is 0 Å². The van der Waals surface area contributed by atoms with Gasteiger partial charge >= 0.3 is 0 Å². The van der Waals surface area contributed by atoms with Crippen molar-refractivity contribution in [2.24, 2.45) is 5.41 Å². The predicted molar refractivity (Wildman–Crippen MR) is 95.5 cm³/mol. The van der Waals surface area contributed by atoms with Gasteiger partial charge in [-0.05, 0) is 38.8 Å².